The lowest BCUT2D eigenvalue weighted by atomic mass is 10.1. The number of para-hydroxylation sites is 1. The van der Waals surface area contributed by atoms with Crippen LogP contribution >= 0.6 is 0 Å². The van der Waals surface area contributed by atoms with Crippen molar-refractivity contribution in [2.24, 2.45) is 0 Å². The Labute approximate surface area is 174 Å². The second-order valence-electron chi connectivity index (χ2n) is 7.46. The maximum atomic E-state index is 12.6. The van der Waals surface area contributed by atoms with Gasteiger partial charge in [-0.15, -0.1) is 0 Å². The number of aromatic nitrogens is 2. The summed E-state index contributed by atoms with van der Waals surface area (Å²) in [5.41, 5.74) is 3.77. The number of nitrogens with one attached hydrogen (secondary N) is 1. The number of pyridine rings is 1. The summed E-state index contributed by atoms with van der Waals surface area (Å²) in [5.74, 6) is 1.06. The van der Waals surface area contributed by atoms with E-state index < -0.39 is 5.97 Å². The number of methoxy groups -OCH3 is 1. The first-order chi connectivity index (χ1) is 14.5. The Morgan fingerprint density at radius 1 is 1.13 bits per heavy atom. The zero-order valence-electron chi connectivity index (χ0n) is 17.5. The molecule has 0 spiro atoms. The predicted octanol–water partition coefficient (Wildman–Crippen LogP) is 5.53. The largest absolute Gasteiger partial charge is 0.458 e. The minimum atomic E-state index is -0.458. The minimum Gasteiger partial charge on any atom is -0.458 e. The van der Waals surface area contributed by atoms with Gasteiger partial charge in [-0.3, -0.25) is 0 Å². The van der Waals surface area contributed by atoms with Crippen LogP contribution in [-0.2, 0) is 16.1 Å². The number of hydrogen-bond donors (Lipinski definition) is 1. The highest BCUT2D eigenvalue weighted by Gasteiger charge is 2.21. The second kappa shape index (κ2) is 8.16. The molecule has 0 saturated heterocycles. The molecule has 154 valence electrons. The smallest absolute Gasteiger partial charge is 0.357 e. The number of ether oxygens (including phenoxy) is 3. The third-order valence-corrected chi connectivity index (χ3v) is 4.86. The number of aromatic amines is 1. The summed E-state index contributed by atoms with van der Waals surface area (Å²) in [6.07, 6.45) is 1.43. The van der Waals surface area contributed by atoms with E-state index >= 15 is 0 Å². The molecule has 0 bridgehead atoms. The third-order valence-electron chi connectivity index (χ3n) is 4.86. The number of carbonyl (C=O) groups excluding carboxylic acids is 1. The Morgan fingerprint density at radius 2 is 1.93 bits per heavy atom. The molecule has 0 aliphatic rings. The molecule has 0 amide bonds. The number of rotatable bonds is 6. The van der Waals surface area contributed by atoms with Crippen LogP contribution < -0.4 is 4.74 Å². The molecule has 0 atom stereocenters. The lowest BCUT2D eigenvalue weighted by Crippen LogP contribution is -2.15. The molecule has 4 aromatic rings. The molecule has 6 nitrogen and oxygen atoms in total. The zero-order valence-corrected chi connectivity index (χ0v) is 17.5. The van der Waals surface area contributed by atoms with E-state index in [4.69, 9.17) is 14.2 Å². The molecule has 30 heavy (non-hydrogen) atoms. The monoisotopic (exact) mass is 404 g/mol. The van der Waals surface area contributed by atoms with Crippen molar-refractivity contribution < 1.29 is 19.0 Å². The molecule has 2 aromatic carbocycles. The van der Waals surface area contributed by atoms with Crippen molar-refractivity contribution in [3.8, 4) is 11.5 Å². The van der Waals surface area contributed by atoms with Crippen LogP contribution in [0.5, 0.6) is 11.5 Å². The van der Waals surface area contributed by atoms with Gasteiger partial charge < -0.3 is 19.2 Å². The van der Waals surface area contributed by atoms with Gasteiger partial charge >= 0.3 is 5.97 Å². The first-order valence-corrected chi connectivity index (χ1v) is 9.84. The number of carbonyl (C=O) groups is 1. The summed E-state index contributed by atoms with van der Waals surface area (Å²) in [5, 5.41) is 1.82. The van der Waals surface area contributed by atoms with Crippen molar-refractivity contribution in [3.05, 3.63) is 65.5 Å². The van der Waals surface area contributed by atoms with Crippen LogP contribution in [0.15, 0.2) is 48.7 Å². The van der Waals surface area contributed by atoms with Crippen molar-refractivity contribution in [1.29, 1.82) is 0 Å². The van der Waals surface area contributed by atoms with Gasteiger partial charge in [-0.1, -0.05) is 18.2 Å². The van der Waals surface area contributed by atoms with Crippen molar-refractivity contribution >= 4 is 27.8 Å². The number of esters is 1. The number of aryl methyl sites for hydroxylation is 1. The second-order valence-corrected chi connectivity index (χ2v) is 7.46. The Balaban J connectivity index is 1.86. The number of hydrogen-bond acceptors (Lipinski definition) is 5. The molecule has 0 aliphatic heterocycles. The molecule has 0 aliphatic carbocycles. The van der Waals surface area contributed by atoms with E-state index in [1.807, 2.05) is 63.2 Å². The molecule has 6 heteroatoms. The first kappa shape index (κ1) is 19.9. The fourth-order valence-corrected chi connectivity index (χ4v) is 3.53. The van der Waals surface area contributed by atoms with E-state index in [1.54, 1.807) is 13.3 Å². The van der Waals surface area contributed by atoms with E-state index in [9.17, 15) is 4.79 Å². The fourth-order valence-electron chi connectivity index (χ4n) is 3.53. The van der Waals surface area contributed by atoms with Crippen LogP contribution in [-0.4, -0.2) is 29.2 Å². The van der Waals surface area contributed by atoms with Gasteiger partial charge in [-0.25, -0.2) is 9.78 Å². The van der Waals surface area contributed by atoms with Crippen molar-refractivity contribution in [2.75, 3.05) is 7.11 Å². The summed E-state index contributed by atoms with van der Waals surface area (Å²) in [4.78, 5) is 20.3. The first-order valence-electron chi connectivity index (χ1n) is 9.84. The van der Waals surface area contributed by atoms with E-state index in [-0.39, 0.29) is 18.4 Å². The normalized spacial score (nSPS) is 11.4. The minimum absolute atomic E-state index is 0.234. The van der Waals surface area contributed by atoms with Crippen LogP contribution in [0.25, 0.3) is 21.8 Å². The molecule has 0 radical (unpaired) electrons. The fraction of sp³-hybridized carbons (Fsp3) is 0.250. The Kier molecular flexibility index (Phi) is 5.42. The average molecular weight is 404 g/mol. The Hall–Kier alpha value is -3.38. The molecule has 0 fully saturated rings. The van der Waals surface area contributed by atoms with E-state index in [2.05, 4.69) is 9.97 Å². The van der Waals surface area contributed by atoms with Gasteiger partial charge in [-0.2, -0.15) is 0 Å². The number of nitrogens with zero attached hydrogens (tertiary/aromatic N) is 1. The SMILES string of the molecule is COCc1c(C(=O)OC(C)C)ncc2[nH]c3ccc(Oc4ccccc4C)cc3c12. The molecular formula is C24H24N2O4. The number of fused-ring (bicyclic) bond motifs is 3. The molecule has 1 N–H and O–H groups in total. The maximum Gasteiger partial charge on any atom is 0.357 e. The lowest BCUT2D eigenvalue weighted by Gasteiger charge is -2.12. The molecule has 4 rings (SSSR count). The van der Waals surface area contributed by atoms with E-state index in [0.717, 1.165) is 33.1 Å². The third kappa shape index (κ3) is 3.74. The highest BCUT2D eigenvalue weighted by atomic mass is 16.5. The van der Waals surface area contributed by atoms with Crippen LogP contribution in [0.4, 0.5) is 0 Å². The van der Waals surface area contributed by atoms with E-state index in [0.29, 0.717) is 11.3 Å². The standard InChI is InChI=1S/C24H24N2O4/c1-14(2)29-24(27)23-18(13-28-4)22-17-11-16(30-21-8-6-5-7-15(21)3)9-10-19(17)26-20(22)12-25-23/h5-12,14,26H,13H2,1-4H3. The van der Waals surface area contributed by atoms with Crippen molar-refractivity contribution in [1.82, 2.24) is 9.97 Å². The molecular weight excluding hydrogens is 380 g/mol. The molecule has 2 heterocycles. The summed E-state index contributed by atoms with van der Waals surface area (Å²) >= 11 is 0. The Morgan fingerprint density at radius 3 is 2.67 bits per heavy atom. The highest BCUT2D eigenvalue weighted by molar-refractivity contribution is 6.11. The topological polar surface area (TPSA) is 73.4 Å². The van der Waals surface area contributed by atoms with Gasteiger partial charge in [0, 0.05) is 29.0 Å². The molecule has 0 saturated carbocycles. The van der Waals surface area contributed by atoms with Crippen LogP contribution in [0.2, 0.25) is 0 Å². The summed E-state index contributed by atoms with van der Waals surface area (Å²) in [6, 6.07) is 13.7. The lowest BCUT2D eigenvalue weighted by molar-refractivity contribution is 0.0366. The van der Waals surface area contributed by atoms with E-state index in [1.165, 1.54) is 0 Å². The highest BCUT2D eigenvalue weighted by Crippen LogP contribution is 2.34. The van der Waals surface area contributed by atoms with Crippen molar-refractivity contribution in [2.45, 2.75) is 33.5 Å². The molecule has 2 aromatic heterocycles. The maximum absolute atomic E-state index is 12.6. The Bertz CT molecular complexity index is 1230. The van der Waals surface area contributed by atoms with Crippen LogP contribution in [0, 0.1) is 6.92 Å². The molecule has 0 unspecified atom stereocenters. The van der Waals surface area contributed by atoms with Gasteiger partial charge in [0.15, 0.2) is 5.69 Å². The van der Waals surface area contributed by atoms with Gasteiger partial charge in [0.05, 0.1) is 24.4 Å². The summed E-state index contributed by atoms with van der Waals surface area (Å²) in [6.45, 7) is 5.87. The van der Waals surface area contributed by atoms with Crippen LogP contribution in [0.1, 0.15) is 35.5 Å². The number of H-pyrrole nitrogens is 1. The van der Waals surface area contributed by atoms with Gasteiger partial charge in [0.2, 0.25) is 0 Å². The average Bonchev–Trinajstić information content (AvgIpc) is 3.08. The van der Waals surface area contributed by atoms with Crippen molar-refractivity contribution in [3.63, 3.8) is 0 Å². The summed E-state index contributed by atoms with van der Waals surface area (Å²) < 4.78 is 16.9. The summed E-state index contributed by atoms with van der Waals surface area (Å²) in [7, 11) is 1.60. The zero-order chi connectivity index (χ0) is 21.3. The predicted molar refractivity (Wildman–Crippen MR) is 116 cm³/mol. The number of benzene rings is 2. The van der Waals surface area contributed by atoms with Gasteiger partial charge in [0.25, 0.3) is 0 Å². The van der Waals surface area contributed by atoms with Crippen LogP contribution in [0.3, 0.4) is 0 Å². The van der Waals surface area contributed by atoms with Gasteiger partial charge in [0.1, 0.15) is 11.5 Å². The van der Waals surface area contributed by atoms with Gasteiger partial charge in [-0.05, 0) is 50.6 Å². The quantitative estimate of drug-likeness (QED) is 0.428.